The Balaban J connectivity index is 2.79. The zero-order chi connectivity index (χ0) is 15.0. The van der Waals surface area contributed by atoms with Gasteiger partial charge in [-0.1, -0.05) is 25.1 Å². The molecule has 0 aliphatic carbocycles. The maximum atomic E-state index is 12.4. The molecule has 0 aliphatic rings. The van der Waals surface area contributed by atoms with E-state index in [4.69, 9.17) is 5.11 Å². The molecule has 0 fully saturated rings. The van der Waals surface area contributed by atoms with Crippen molar-refractivity contribution in [1.29, 1.82) is 0 Å². The quantitative estimate of drug-likeness (QED) is 0.760. The summed E-state index contributed by atoms with van der Waals surface area (Å²) in [4.78, 5) is 24.7. The molecule has 1 aromatic rings. The molecule has 0 saturated carbocycles. The summed E-state index contributed by atoms with van der Waals surface area (Å²) in [5.74, 6) is -0.977. The summed E-state index contributed by atoms with van der Waals surface area (Å²) in [5, 5.41) is 11.7. The number of anilines is 1. The average molecular weight is 278 g/mol. The number of nitrogens with one attached hydrogen (secondary N) is 1. The van der Waals surface area contributed by atoms with Crippen molar-refractivity contribution in [2.45, 2.75) is 19.8 Å². The minimum Gasteiger partial charge on any atom is -0.481 e. The molecule has 2 N–H and O–H groups in total. The van der Waals surface area contributed by atoms with E-state index in [0.29, 0.717) is 19.5 Å². The zero-order valence-corrected chi connectivity index (χ0v) is 12.0. The average Bonchev–Trinajstić information content (AvgIpc) is 2.44. The predicted molar refractivity (Wildman–Crippen MR) is 78.8 cm³/mol. The molecule has 0 heterocycles. The molecule has 5 nitrogen and oxygen atoms in total. The molecule has 0 aromatic heterocycles. The molecular formula is C15H22N2O3. The van der Waals surface area contributed by atoms with Crippen LogP contribution >= 0.6 is 0 Å². The van der Waals surface area contributed by atoms with E-state index in [1.165, 1.54) is 0 Å². The van der Waals surface area contributed by atoms with Crippen molar-refractivity contribution in [3.63, 3.8) is 0 Å². The Morgan fingerprint density at radius 1 is 1.30 bits per heavy atom. The van der Waals surface area contributed by atoms with Gasteiger partial charge in [0.2, 0.25) is 5.91 Å². The van der Waals surface area contributed by atoms with Crippen molar-refractivity contribution in [3.05, 3.63) is 30.3 Å². The number of nitrogens with zero attached hydrogens (tertiary/aromatic N) is 1. The van der Waals surface area contributed by atoms with E-state index in [0.717, 1.165) is 5.69 Å². The van der Waals surface area contributed by atoms with Gasteiger partial charge >= 0.3 is 5.97 Å². The van der Waals surface area contributed by atoms with E-state index in [1.54, 1.807) is 11.9 Å². The SMILES string of the molecule is CNCC(C)C(=O)N(CCCC(=O)O)c1ccccc1. The molecule has 0 radical (unpaired) electrons. The van der Waals surface area contributed by atoms with Crippen molar-refractivity contribution < 1.29 is 14.7 Å². The molecule has 0 saturated heterocycles. The molecule has 1 atom stereocenters. The predicted octanol–water partition coefficient (Wildman–Crippen LogP) is 1.74. The van der Waals surface area contributed by atoms with Crippen LogP contribution in [-0.4, -0.2) is 37.1 Å². The lowest BCUT2D eigenvalue weighted by molar-refractivity contribution is -0.137. The highest BCUT2D eigenvalue weighted by molar-refractivity contribution is 5.95. The fourth-order valence-electron chi connectivity index (χ4n) is 2.02. The van der Waals surface area contributed by atoms with Crippen molar-refractivity contribution in [2.24, 2.45) is 5.92 Å². The van der Waals surface area contributed by atoms with Crippen molar-refractivity contribution in [1.82, 2.24) is 5.32 Å². The summed E-state index contributed by atoms with van der Waals surface area (Å²) in [5.41, 5.74) is 0.811. The molecule has 5 heteroatoms. The summed E-state index contributed by atoms with van der Waals surface area (Å²) in [6, 6.07) is 9.36. The summed E-state index contributed by atoms with van der Waals surface area (Å²) in [6.45, 7) is 2.89. The van der Waals surface area contributed by atoms with Gasteiger partial charge in [0.05, 0.1) is 0 Å². The molecule has 1 aromatic carbocycles. The van der Waals surface area contributed by atoms with Crippen LogP contribution < -0.4 is 10.2 Å². The number of aliphatic carboxylic acids is 1. The Morgan fingerprint density at radius 2 is 1.95 bits per heavy atom. The zero-order valence-electron chi connectivity index (χ0n) is 12.0. The molecule has 0 aliphatic heterocycles. The Bertz CT molecular complexity index is 434. The van der Waals surface area contributed by atoms with Gasteiger partial charge in [0.1, 0.15) is 0 Å². The maximum Gasteiger partial charge on any atom is 0.303 e. The van der Waals surface area contributed by atoms with E-state index in [9.17, 15) is 9.59 Å². The molecule has 20 heavy (non-hydrogen) atoms. The van der Waals surface area contributed by atoms with Crippen LogP contribution in [0.3, 0.4) is 0 Å². The summed E-state index contributed by atoms with van der Waals surface area (Å²) < 4.78 is 0. The van der Waals surface area contributed by atoms with Gasteiger partial charge in [0.15, 0.2) is 0 Å². The number of benzene rings is 1. The summed E-state index contributed by atoms with van der Waals surface area (Å²) in [7, 11) is 1.81. The van der Waals surface area contributed by atoms with Gasteiger partial charge in [-0.2, -0.15) is 0 Å². The van der Waals surface area contributed by atoms with Crippen LogP contribution in [0.2, 0.25) is 0 Å². The lowest BCUT2D eigenvalue weighted by Crippen LogP contribution is -2.39. The molecule has 110 valence electrons. The number of rotatable bonds is 8. The first-order chi connectivity index (χ1) is 9.56. The number of carboxylic acids is 1. The van der Waals surface area contributed by atoms with Gasteiger partial charge in [0, 0.05) is 31.1 Å². The minimum atomic E-state index is -0.839. The highest BCUT2D eigenvalue weighted by atomic mass is 16.4. The minimum absolute atomic E-state index is 0.0101. The van der Waals surface area contributed by atoms with E-state index in [1.807, 2.05) is 37.3 Å². The van der Waals surface area contributed by atoms with E-state index in [2.05, 4.69) is 5.32 Å². The lowest BCUT2D eigenvalue weighted by atomic mass is 10.1. The van der Waals surface area contributed by atoms with Crippen LogP contribution in [0.25, 0.3) is 0 Å². The highest BCUT2D eigenvalue weighted by Crippen LogP contribution is 2.17. The number of para-hydroxylation sites is 1. The molecule has 1 unspecified atom stereocenters. The monoisotopic (exact) mass is 278 g/mol. The fraction of sp³-hybridized carbons (Fsp3) is 0.467. The second-order valence-electron chi connectivity index (χ2n) is 4.78. The van der Waals surface area contributed by atoms with Crippen LogP contribution in [-0.2, 0) is 9.59 Å². The van der Waals surface area contributed by atoms with Crippen molar-refractivity contribution in [3.8, 4) is 0 Å². The van der Waals surface area contributed by atoms with E-state index >= 15 is 0 Å². The van der Waals surface area contributed by atoms with Crippen molar-refractivity contribution in [2.75, 3.05) is 25.0 Å². The number of hydrogen-bond acceptors (Lipinski definition) is 3. The van der Waals surface area contributed by atoms with E-state index in [-0.39, 0.29) is 18.2 Å². The first-order valence-corrected chi connectivity index (χ1v) is 6.79. The normalized spacial score (nSPS) is 11.9. The Labute approximate surface area is 119 Å². The smallest absolute Gasteiger partial charge is 0.303 e. The van der Waals surface area contributed by atoms with Crippen LogP contribution in [0.5, 0.6) is 0 Å². The van der Waals surface area contributed by atoms with Crippen molar-refractivity contribution >= 4 is 17.6 Å². The number of amides is 1. The Morgan fingerprint density at radius 3 is 2.50 bits per heavy atom. The fourth-order valence-corrected chi connectivity index (χ4v) is 2.02. The molecule has 1 rings (SSSR count). The highest BCUT2D eigenvalue weighted by Gasteiger charge is 2.21. The van der Waals surface area contributed by atoms with Gasteiger partial charge in [-0.3, -0.25) is 9.59 Å². The second kappa shape index (κ2) is 8.32. The number of carbonyl (C=O) groups is 2. The van der Waals surface area contributed by atoms with Gasteiger partial charge in [-0.15, -0.1) is 0 Å². The van der Waals surface area contributed by atoms with Crippen LogP contribution in [0.1, 0.15) is 19.8 Å². The van der Waals surface area contributed by atoms with Gasteiger partial charge in [0.25, 0.3) is 0 Å². The standard InChI is InChI=1S/C15H22N2O3/c1-12(11-16-2)15(20)17(10-6-9-14(18)19)13-7-4-3-5-8-13/h3-5,7-8,12,16H,6,9-11H2,1-2H3,(H,18,19). The second-order valence-corrected chi connectivity index (χ2v) is 4.78. The summed E-state index contributed by atoms with van der Waals surface area (Å²) in [6.07, 6.45) is 0.513. The molecule has 0 spiro atoms. The third kappa shape index (κ3) is 5.01. The maximum absolute atomic E-state index is 12.4. The van der Waals surface area contributed by atoms with Crippen LogP contribution in [0, 0.1) is 5.92 Å². The van der Waals surface area contributed by atoms with E-state index < -0.39 is 5.97 Å². The van der Waals surface area contributed by atoms with Gasteiger partial charge in [-0.05, 0) is 25.6 Å². The first kappa shape index (κ1) is 16.2. The topological polar surface area (TPSA) is 69.6 Å². The van der Waals surface area contributed by atoms with Gasteiger partial charge in [-0.25, -0.2) is 0 Å². The van der Waals surface area contributed by atoms with Crippen LogP contribution in [0.4, 0.5) is 5.69 Å². The third-order valence-corrected chi connectivity index (χ3v) is 3.04. The van der Waals surface area contributed by atoms with Gasteiger partial charge < -0.3 is 15.3 Å². The first-order valence-electron chi connectivity index (χ1n) is 6.79. The molecular weight excluding hydrogens is 256 g/mol. The van der Waals surface area contributed by atoms with Crippen LogP contribution in [0.15, 0.2) is 30.3 Å². The Kier molecular flexibility index (Phi) is 6.73. The molecule has 0 bridgehead atoms. The third-order valence-electron chi connectivity index (χ3n) is 3.04. The Hall–Kier alpha value is -1.88. The number of carbonyl (C=O) groups excluding carboxylic acids is 1. The summed E-state index contributed by atoms with van der Waals surface area (Å²) >= 11 is 0. The number of hydrogen-bond donors (Lipinski definition) is 2. The lowest BCUT2D eigenvalue weighted by Gasteiger charge is -2.25. The number of carboxylic acid groups (broad SMARTS) is 1. The largest absolute Gasteiger partial charge is 0.481 e. The molecule has 1 amide bonds.